The van der Waals surface area contributed by atoms with Gasteiger partial charge in [0.25, 0.3) is 11.5 Å². The Morgan fingerprint density at radius 1 is 1.21 bits per heavy atom. The van der Waals surface area contributed by atoms with Crippen molar-refractivity contribution in [2.45, 2.75) is 19.8 Å². The summed E-state index contributed by atoms with van der Waals surface area (Å²) in [5.74, 6) is -0.251. The number of piperidine rings is 1. The monoisotopic (exact) mass is 326 g/mol. The van der Waals surface area contributed by atoms with Crippen molar-refractivity contribution in [2.75, 3.05) is 19.6 Å². The van der Waals surface area contributed by atoms with E-state index in [1.54, 1.807) is 12.1 Å². The van der Waals surface area contributed by atoms with Crippen LogP contribution in [0.2, 0.25) is 0 Å². The lowest BCUT2D eigenvalue weighted by atomic mass is 9.81. The van der Waals surface area contributed by atoms with Gasteiger partial charge >= 0.3 is 0 Å². The van der Waals surface area contributed by atoms with Crippen LogP contribution in [-0.2, 0) is 0 Å². The third-order valence-corrected chi connectivity index (χ3v) is 4.52. The predicted octanol–water partition coefficient (Wildman–Crippen LogP) is 1.35. The Morgan fingerprint density at radius 3 is 2.62 bits per heavy atom. The number of aromatic nitrogens is 2. The Hall–Kier alpha value is -2.47. The van der Waals surface area contributed by atoms with Gasteiger partial charge in [0, 0.05) is 12.6 Å². The lowest BCUT2D eigenvalue weighted by Crippen LogP contribution is -2.43. The molecule has 1 fully saturated rings. The van der Waals surface area contributed by atoms with Crippen molar-refractivity contribution in [3.8, 4) is 5.69 Å². The predicted molar refractivity (Wildman–Crippen MR) is 92.4 cm³/mol. The molecule has 2 N–H and O–H groups in total. The molecule has 1 aromatic heterocycles. The molecular weight excluding hydrogens is 304 g/mol. The summed E-state index contributed by atoms with van der Waals surface area (Å²) in [5.41, 5.74) is 0.732. The summed E-state index contributed by atoms with van der Waals surface area (Å²) < 4.78 is 1.25. The molecule has 2 heterocycles. The zero-order chi connectivity index (χ0) is 17.0. The number of rotatable bonds is 4. The van der Waals surface area contributed by atoms with Gasteiger partial charge in [-0.3, -0.25) is 9.59 Å². The van der Waals surface area contributed by atoms with E-state index in [0.717, 1.165) is 25.9 Å². The number of carbonyl (C=O) groups is 1. The minimum Gasteiger partial charge on any atom is -0.350 e. The molecule has 0 spiro atoms. The van der Waals surface area contributed by atoms with Gasteiger partial charge in [0.15, 0.2) is 0 Å². The average molecular weight is 326 g/mol. The van der Waals surface area contributed by atoms with Crippen LogP contribution in [0.25, 0.3) is 5.69 Å². The summed E-state index contributed by atoms with van der Waals surface area (Å²) in [6, 6.07) is 11.9. The molecule has 0 atom stereocenters. The van der Waals surface area contributed by atoms with Crippen LogP contribution in [0.15, 0.2) is 47.3 Å². The molecule has 0 unspecified atom stereocenters. The summed E-state index contributed by atoms with van der Waals surface area (Å²) in [7, 11) is 0. The summed E-state index contributed by atoms with van der Waals surface area (Å²) in [4.78, 5) is 24.4. The van der Waals surface area contributed by atoms with E-state index in [-0.39, 0.29) is 22.6 Å². The van der Waals surface area contributed by atoms with Gasteiger partial charge in [-0.1, -0.05) is 25.1 Å². The van der Waals surface area contributed by atoms with Gasteiger partial charge in [-0.15, -0.1) is 0 Å². The number of benzene rings is 1. The molecule has 0 saturated carbocycles. The third kappa shape index (κ3) is 3.71. The van der Waals surface area contributed by atoms with E-state index < -0.39 is 0 Å². The van der Waals surface area contributed by atoms with Crippen molar-refractivity contribution in [1.29, 1.82) is 0 Å². The molecule has 1 saturated heterocycles. The second kappa shape index (κ2) is 6.97. The third-order valence-electron chi connectivity index (χ3n) is 4.52. The molecular formula is C18H22N4O2. The first-order valence-electron chi connectivity index (χ1n) is 8.22. The van der Waals surface area contributed by atoms with Gasteiger partial charge in [0.2, 0.25) is 0 Å². The molecule has 0 bridgehead atoms. The van der Waals surface area contributed by atoms with E-state index in [0.29, 0.717) is 12.2 Å². The standard InChI is InChI=1S/C18H22N4O2/c1-18(9-11-19-12-10-18)13-20-17(24)15-7-8-16(23)22(21-15)14-5-3-2-4-6-14/h2-8,19H,9-13H2,1H3,(H,20,24). The molecule has 6 heteroatoms. The number of para-hydroxylation sites is 1. The molecule has 1 amide bonds. The average Bonchev–Trinajstić information content (AvgIpc) is 2.61. The highest BCUT2D eigenvalue weighted by Crippen LogP contribution is 2.26. The SMILES string of the molecule is CC1(CNC(=O)c2ccc(=O)n(-c3ccccc3)n2)CCNCC1. The van der Waals surface area contributed by atoms with Crippen LogP contribution in [0.1, 0.15) is 30.3 Å². The van der Waals surface area contributed by atoms with E-state index in [1.165, 1.54) is 16.8 Å². The summed E-state index contributed by atoms with van der Waals surface area (Å²) in [6.07, 6.45) is 2.06. The molecule has 3 rings (SSSR count). The minimum atomic E-state index is -0.261. The quantitative estimate of drug-likeness (QED) is 0.889. The van der Waals surface area contributed by atoms with E-state index in [1.807, 2.05) is 18.2 Å². The fraction of sp³-hybridized carbons (Fsp3) is 0.389. The fourth-order valence-corrected chi connectivity index (χ4v) is 2.88. The Bertz CT molecular complexity index is 764. The highest BCUT2D eigenvalue weighted by Gasteiger charge is 2.27. The highest BCUT2D eigenvalue weighted by molar-refractivity contribution is 5.92. The van der Waals surface area contributed by atoms with Gasteiger partial charge in [-0.05, 0) is 49.5 Å². The number of hydrogen-bond donors (Lipinski definition) is 2. The maximum absolute atomic E-state index is 12.4. The largest absolute Gasteiger partial charge is 0.350 e. The second-order valence-electron chi connectivity index (χ2n) is 6.55. The van der Waals surface area contributed by atoms with Crippen LogP contribution in [0.3, 0.4) is 0 Å². The van der Waals surface area contributed by atoms with Crippen molar-refractivity contribution in [2.24, 2.45) is 5.41 Å². The summed E-state index contributed by atoms with van der Waals surface area (Å²) in [5, 5.41) is 10.5. The van der Waals surface area contributed by atoms with E-state index in [2.05, 4.69) is 22.7 Å². The number of carbonyl (C=O) groups excluding carboxylic acids is 1. The van der Waals surface area contributed by atoms with Crippen molar-refractivity contribution >= 4 is 5.91 Å². The Balaban J connectivity index is 1.75. The molecule has 1 aliphatic heterocycles. The normalized spacial score (nSPS) is 16.5. The van der Waals surface area contributed by atoms with Crippen LogP contribution in [0, 0.1) is 5.41 Å². The smallest absolute Gasteiger partial charge is 0.271 e. The van der Waals surface area contributed by atoms with Gasteiger partial charge in [0.1, 0.15) is 5.69 Å². The van der Waals surface area contributed by atoms with Gasteiger partial charge in [-0.2, -0.15) is 9.78 Å². The Labute approximate surface area is 140 Å². The first-order chi connectivity index (χ1) is 11.6. The van der Waals surface area contributed by atoms with E-state index in [9.17, 15) is 9.59 Å². The number of amides is 1. The molecule has 126 valence electrons. The zero-order valence-electron chi connectivity index (χ0n) is 13.8. The van der Waals surface area contributed by atoms with Crippen molar-refractivity contribution in [1.82, 2.24) is 20.4 Å². The molecule has 2 aromatic rings. The van der Waals surface area contributed by atoms with Gasteiger partial charge < -0.3 is 10.6 Å². The highest BCUT2D eigenvalue weighted by atomic mass is 16.2. The van der Waals surface area contributed by atoms with Crippen molar-refractivity contribution in [3.05, 3.63) is 58.5 Å². The lowest BCUT2D eigenvalue weighted by Gasteiger charge is -2.34. The number of hydrogen-bond acceptors (Lipinski definition) is 4. The van der Waals surface area contributed by atoms with Crippen LogP contribution >= 0.6 is 0 Å². The Kier molecular flexibility index (Phi) is 4.76. The van der Waals surface area contributed by atoms with E-state index in [4.69, 9.17) is 0 Å². The first kappa shape index (κ1) is 16.4. The lowest BCUT2D eigenvalue weighted by molar-refractivity contribution is 0.0915. The van der Waals surface area contributed by atoms with Crippen molar-refractivity contribution < 1.29 is 4.79 Å². The summed E-state index contributed by atoms with van der Waals surface area (Å²) >= 11 is 0. The van der Waals surface area contributed by atoms with E-state index >= 15 is 0 Å². The minimum absolute atomic E-state index is 0.106. The number of nitrogens with zero attached hydrogens (tertiary/aromatic N) is 2. The van der Waals surface area contributed by atoms with Gasteiger partial charge in [-0.25, -0.2) is 0 Å². The second-order valence-corrected chi connectivity index (χ2v) is 6.55. The molecule has 1 aliphatic rings. The molecule has 6 nitrogen and oxygen atoms in total. The molecule has 0 radical (unpaired) electrons. The molecule has 24 heavy (non-hydrogen) atoms. The number of nitrogens with one attached hydrogen (secondary N) is 2. The maximum atomic E-state index is 12.4. The van der Waals surface area contributed by atoms with Crippen LogP contribution in [-0.4, -0.2) is 35.3 Å². The zero-order valence-corrected chi connectivity index (χ0v) is 13.8. The Morgan fingerprint density at radius 2 is 1.92 bits per heavy atom. The van der Waals surface area contributed by atoms with Crippen LogP contribution < -0.4 is 16.2 Å². The first-order valence-corrected chi connectivity index (χ1v) is 8.22. The molecule has 1 aromatic carbocycles. The van der Waals surface area contributed by atoms with Crippen LogP contribution in [0.5, 0.6) is 0 Å². The fourth-order valence-electron chi connectivity index (χ4n) is 2.88. The van der Waals surface area contributed by atoms with Gasteiger partial charge in [0.05, 0.1) is 5.69 Å². The summed E-state index contributed by atoms with van der Waals surface area (Å²) in [6.45, 7) is 4.75. The molecule has 0 aliphatic carbocycles. The topological polar surface area (TPSA) is 76.0 Å². The van der Waals surface area contributed by atoms with Crippen LogP contribution in [0.4, 0.5) is 0 Å². The maximum Gasteiger partial charge on any atom is 0.271 e. The van der Waals surface area contributed by atoms with Crippen molar-refractivity contribution in [3.63, 3.8) is 0 Å².